The molecule has 20 nitrogen and oxygen atoms in total. The topological polar surface area (TPSA) is 286 Å². The van der Waals surface area contributed by atoms with Gasteiger partial charge in [0.05, 0.1) is 43.7 Å². The van der Waals surface area contributed by atoms with Crippen LogP contribution in [0.2, 0.25) is 0 Å². The third kappa shape index (κ3) is 10.1. The van der Waals surface area contributed by atoms with Crippen molar-refractivity contribution in [2.75, 3.05) is 14.1 Å². The van der Waals surface area contributed by atoms with Gasteiger partial charge in [-0.25, -0.2) is 55.4 Å². The molecule has 0 amide bonds. The Bertz CT molecular complexity index is 2730. The van der Waals surface area contributed by atoms with Crippen LogP contribution in [0.15, 0.2) is 137 Å². The number of aromatic carboxylic acids is 2. The minimum Gasteiger partial charge on any atom is -0.478 e. The average molecular weight is 882 g/mol. The Balaban J connectivity index is 0.000000310. The predicted octanol–water partition coefficient (Wildman–Crippen LogP) is 4.67. The maximum absolute atomic E-state index is 12.6. The number of azo groups is 2. The largest absolute Gasteiger partial charge is 1.00 e. The molecule has 0 bridgehead atoms. The molecule has 0 aliphatic carbocycles. The number of sulfonamides is 2. The first-order valence-corrected chi connectivity index (χ1v) is 19.5. The van der Waals surface area contributed by atoms with Crippen LogP contribution < -0.4 is 20.6 Å². The number of carboxylic acid groups (broad SMARTS) is 2. The Labute approximate surface area is 347 Å². The number of nitrogens with one attached hydrogen (secondary N) is 2. The summed E-state index contributed by atoms with van der Waals surface area (Å²) in [4.78, 5) is 47.8. The quantitative estimate of drug-likeness (QED) is 0.0964. The monoisotopic (exact) mass is 881 g/mol. The third-order valence-electron chi connectivity index (χ3n) is 8.05. The van der Waals surface area contributed by atoms with Gasteiger partial charge in [-0.15, -0.1) is 11.4 Å². The second kappa shape index (κ2) is 18.8. The number of para-hydroxylation sites is 2. The zero-order valence-electron chi connectivity index (χ0n) is 32.2. The van der Waals surface area contributed by atoms with Gasteiger partial charge in [-0.05, 0) is 74.8 Å². The Hall–Kier alpha value is -6.61. The molecule has 0 aliphatic rings. The molecule has 59 heavy (non-hydrogen) atoms. The van der Waals surface area contributed by atoms with E-state index in [0.717, 1.165) is 12.1 Å². The molecular weight excluding hydrogens is 849 g/mol. The number of hydrogen-bond acceptors (Lipinski definition) is 14. The van der Waals surface area contributed by atoms with Crippen molar-refractivity contribution in [3.8, 4) is 11.4 Å². The van der Waals surface area contributed by atoms with E-state index in [1.165, 1.54) is 47.7 Å². The summed E-state index contributed by atoms with van der Waals surface area (Å²) in [6, 6.07) is 24.2. The molecule has 6 aromatic rings. The fourth-order valence-corrected chi connectivity index (χ4v) is 6.55. The van der Waals surface area contributed by atoms with Gasteiger partial charge >= 0.3 is 13.4 Å². The normalized spacial score (nSPS) is 11.6. The van der Waals surface area contributed by atoms with E-state index in [-0.39, 0.29) is 62.5 Å². The summed E-state index contributed by atoms with van der Waals surface area (Å²) in [5.41, 5.74) is -0.317. The number of hydrogen-bond donors (Lipinski definition) is 4. The molecule has 6 rings (SSSR count). The van der Waals surface area contributed by atoms with Gasteiger partial charge < -0.3 is 30.0 Å². The van der Waals surface area contributed by atoms with Gasteiger partial charge in [-0.1, -0.05) is 61.6 Å². The molecule has 0 spiro atoms. The van der Waals surface area contributed by atoms with E-state index >= 15 is 0 Å². The van der Waals surface area contributed by atoms with E-state index in [2.05, 4.69) is 40.1 Å². The molecule has 0 fully saturated rings. The van der Waals surface area contributed by atoms with Gasteiger partial charge in [0.1, 0.15) is 11.1 Å². The van der Waals surface area contributed by atoms with Gasteiger partial charge in [0.15, 0.2) is 0 Å². The fourth-order valence-electron chi connectivity index (χ4n) is 5.04. The van der Waals surface area contributed by atoms with E-state index in [4.69, 9.17) is 0 Å². The Morgan fingerprint density at radius 1 is 0.627 bits per heavy atom. The second-order valence-corrected chi connectivity index (χ2v) is 15.5. The molecule has 2 aromatic heterocycles. The minimum absolute atomic E-state index is 0. The van der Waals surface area contributed by atoms with Gasteiger partial charge in [-0.2, -0.15) is 10.2 Å². The summed E-state index contributed by atoms with van der Waals surface area (Å²) in [5, 5.41) is 42.6. The second-order valence-electron chi connectivity index (χ2n) is 11.8. The van der Waals surface area contributed by atoms with Crippen molar-refractivity contribution in [2.45, 2.75) is 23.6 Å². The molecule has 306 valence electrons. The Morgan fingerprint density at radius 3 is 1.27 bits per heavy atom. The summed E-state index contributed by atoms with van der Waals surface area (Å²) in [6.45, 7) is 3.16. The maximum atomic E-state index is 12.6. The van der Waals surface area contributed by atoms with E-state index < -0.39 is 43.1 Å². The molecular formula is C36H33CrN10O10S2-. The third-order valence-corrected chi connectivity index (χ3v) is 10.9. The molecule has 0 radical (unpaired) electrons. The number of carboxylic acids is 2. The number of rotatable bonds is 12. The molecule has 2 heterocycles. The van der Waals surface area contributed by atoms with Crippen LogP contribution in [0.4, 0.5) is 22.7 Å². The number of carbonyl (C=O) groups is 2. The number of aromatic nitrogens is 4. The summed E-state index contributed by atoms with van der Waals surface area (Å²) in [7, 11) is -5.23. The van der Waals surface area contributed by atoms with Crippen LogP contribution in [0.3, 0.4) is 0 Å². The van der Waals surface area contributed by atoms with E-state index in [0.29, 0.717) is 22.8 Å². The van der Waals surface area contributed by atoms with Crippen LogP contribution in [-0.4, -0.2) is 72.6 Å². The number of aryl methyl sites for hydroxylation is 2. The van der Waals surface area contributed by atoms with E-state index in [1.54, 1.807) is 74.5 Å². The SMILES string of the molecule is CNS(=O)(=O)c1ccc(N=N[c-]2c(C)nn(-c3ccccc3)c2=O)c(C(=O)O)c1.CNS(=O)(=O)c1ccc(N=N[c-]2c(C)nn(-c3ccccc3)c2=O)c(C(=O)O)c1.[Cr].[H+]. The first-order valence-electron chi connectivity index (χ1n) is 16.6. The first-order chi connectivity index (χ1) is 27.5. The van der Waals surface area contributed by atoms with Crippen LogP contribution in [0, 0.1) is 13.8 Å². The fraction of sp³-hybridized carbons (Fsp3) is 0.111. The van der Waals surface area contributed by atoms with Crippen LogP contribution in [-0.2, 0) is 37.4 Å². The number of nitrogens with zero attached hydrogens (tertiary/aromatic N) is 8. The van der Waals surface area contributed by atoms with Gasteiger partial charge in [0.2, 0.25) is 20.0 Å². The minimum atomic E-state index is -3.83. The van der Waals surface area contributed by atoms with Gasteiger partial charge in [-0.3, -0.25) is 0 Å². The molecule has 0 atom stereocenters. The molecule has 23 heteroatoms. The zero-order valence-corrected chi connectivity index (χ0v) is 34.1. The van der Waals surface area contributed by atoms with Crippen molar-refractivity contribution in [3.63, 3.8) is 0 Å². The van der Waals surface area contributed by atoms with E-state index in [1.807, 2.05) is 0 Å². The Kier molecular flexibility index (Phi) is 14.3. The first kappa shape index (κ1) is 45.1. The number of benzene rings is 4. The van der Waals surface area contributed by atoms with Crippen LogP contribution in [0.1, 0.15) is 33.5 Å². The summed E-state index contributed by atoms with van der Waals surface area (Å²) >= 11 is 0. The zero-order chi connectivity index (χ0) is 42.4. The van der Waals surface area contributed by atoms with Gasteiger partial charge in [0.25, 0.3) is 0 Å². The van der Waals surface area contributed by atoms with Crippen molar-refractivity contribution in [1.29, 1.82) is 0 Å². The van der Waals surface area contributed by atoms with E-state index in [9.17, 15) is 46.2 Å². The van der Waals surface area contributed by atoms with Crippen molar-refractivity contribution >= 4 is 54.7 Å². The summed E-state index contributed by atoms with van der Waals surface area (Å²) < 4.78 is 54.1. The predicted molar refractivity (Wildman–Crippen MR) is 209 cm³/mol. The molecule has 0 saturated carbocycles. The van der Waals surface area contributed by atoms with Crippen molar-refractivity contribution < 1.29 is 55.4 Å². The summed E-state index contributed by atoms with van der Waals surface area (Å²) in [5.74, 6) is -2.77. The average Bonchev–Trinajstić information content (AvgIpc) is 3.67. The van der Waals surface area contributed by atoms with Crippen molar-refractivity contribution in [3.05, 3.63) is 140 Å². The standard InChI is InChI=1S/2C18H16N5O5S.Cr/c2*1-11-16(17(24)23(22-11)12-6-4-3-5-7-12)21-20-15-9-8-13(29(27,28)19-2)10-14(15)18(25)26;/h2*3-10,19H,1-2H3,(H,25,26);/q2*-1;/p+1. The molecule has 0 saturated heterocycles. The van der Waals surface area contributed by atoms with Crippen LogP contribution >= 0.6 is 0 Å². The summed E-state index contributed by atoms with van der Waals surface area (Å²) in [6.07, 6.45) is 0. The van der Waals surface area contributed by atoms with Crippen molar-refractivity contribution in [1.82, 2.24) is 29.0 Å². The molecule has 0 unspecified atom stereocenters. The van der Waals surface area contributed by atoms with Gasteiger partial charge in [0, 0.05) is 17.4 Å². The van der Waals surface area contributed by atoms with Crippen LogP contribution in [0.25, 0.3) is 11.4 Å². The van der Waals surface area contributed by atoms with Crippen molar-refractivity contribution in [2.24, 2.45) is 20.5 Å². The molecule has 4 N–H and O–H groups in total. The molecule has 0 aliphatic heterocycles. The molecule has 4 aromatic carbocycles. The van der Waals surface area contributed by atoms with Crippen LogP contribution in [0.5, 0.6) is 0 Å². The Morgan fingerprint density at radius 2 is 0.966 bits per heavy atom. The smallest absolute Gasteiger partial charge is 0.478 e. The maximum Gasteiger partial charge on any atom is 1.00 e.